The number of pyridine rings is 2. The van der Waals surface area contributed by atoms with E-state index in [1.807, 2.05) is 17.0 Å². The predicted molar refractivity (Wildman–Crippen MR) is 98.5 cm³/mol. The quantitative estimate of drug-likeness (QED) is 0.824. The number of aromatic nitrogens is 2. The van der Waals surface area contributed by atoms with Crippen molar-refractivity contribution in [3.05, 3.63) is 59.7 Å². The second-order valence-electron chi connectivity index (χ2n) is 6.79. The highest BCUT2D eigenvalue weighted by atomic mass is 16.5. The molecule has 2 aromatic rings. The lowest BCUT2D eigenvalue weighted by Crippen LogP contribution is -2.41. The average molecular weight is 366 g/mol. The van der Waals surface area contributed by atoms with Gasteiger partial charge in [-0.15, -0.1) is 0 Å². The van der Waals surface area contributed by atoms with Crippen molar-refractivity contribution in [3.8, 4) is 0 Å². The normalized spacial score (nSPS) is 19.9. The molecule has 2 aliphatic rings. The van der Waals surface area contributed by atoms with Crippen LogP contribution in [0.2, 0.25) is 0 Å². The first-order valence-corrected chi connectivity index (χ1v) is 9.26. The number of nitrogens with zero attached hydrogens (tertiary/aromatic N) is 4. The van der Waals surface area contributed by atoms with E-state index in [9.17, 15) is 9.59 Å². The zero-order valence-electron chi connectivity index (χ0n) is 15.1. The smallest absolute Gasteiger partial charge is 0.272 e. The number of hydrogen-bond acceptors (Lipinski definition) is 5. The van der Waals surface area contributed by atoms with Crippen molar-refractivity contribution >= 4 is 11.8 Å². The van der Waals surface area contributed by atoms with Gasteiger partial charge in [-0.25, -0.2) is 0 Å². The number of carbonyl (C=O) groups is 2. The van der Waals surface area contributed by atoms with Gasteiger partial charge >= 0.3 is 0 Å². The molecule has 0 spiro atoms. The molecule has 2 amide bonds. The molecule has 2 aliphatic heterocycles. The molecule has 7 nitrogen and oxygen atoms in total. The first-order valence-electron chi connectivity index (χ1n) is 9.26. The molecule has 0 radical (unpaired) electrons. The minimum Gasteiger partial charge on any atom is -0.378 e. The number of rotatable bonds is 3. The summed E-state index contributed by atoms with van der Waals surface area (Å²) in [6, 6.07) is 8.96. The number of morpholine rings is 1. The maximum atomic E-state index is 13.0. The van der Waals surface area contributed by atoms with Gasteiger partial charge in [-0.05, 0) is 30.7 Å². The van der Waals surface area contributed by atoms with Gasteiger partial charge in [-0.2, -0.15) is 0 Å². The zero-order valence-corrected chi connectivity index (χ0v) is 15.1. The summed E-state index contributed by atoms with van der Waals surface area (Å²) in [6.07, 6.45) is 4.13. The van der Waals surface area contributed by atoms with Crippen molar-refractivity contribution in [2.75, 3.05) is 39.4 Å². The van der Waals surface area contributed by atoms with Gasteiger partial charge in [0.25, 0.3) is 11.8 Å². The van der Waals surface area contributed by atoms with Crippen LogP contribution in [-0.2, 0) is 4.74 Å². The topological polar surface area (TPSA) is 75.6 Å². The molecule has 0 bridgehead atoms. The molecule has 2 fully saturated rings. The van der Waals surface area contributed by atoms with Gasteiger partial charge in [0, 0.05) is 44.5 Å². The van der Waals surface area contributed by atoms with Crippen molar-refractivity contribution in [2.45, 2.75) is 12.3 Å². The fraction of sp³-hybridized carbons (Fsp3) is 0.400. The summed E-state index contributed by atoms with van der Waals surface area (Å²) in [4.78, 5) is 37.9. The molecule has 7 heteroatoms. The average Bonchev–Trinajstić information content (AvgIpc) is 3.24. The number of carbonyl (C=O) groups excluding carboxylic acids is 2. The summed E-state index contributed by atoms with van der Waals surface area (Å²) in [5, 5.41) is 0. The van der Waals surface area contributed by atoms with Crippen molar-refractivity contribution < 1.29 is 14.3 Å². The van der Waals surface area contributed by atoms with Gasteiger partial charge in [0.05, 0.1) is 24.5 Å². The monoisotopic (exact) mass is 366 g/mol. The Bertz CT molecular complexity index is 821. The van der Waals surface area contributed by atoms with Crippen molar-refractivity contribution in [1.82, 2.24) is 19.8 Å². The lowest BCUT2D eigenvalue weighted by atomic mass is 9.98. The van der Waals surface area contributed by atoms with E-state index in [-0.39, 0.29) is 17.7 Å². The van der Waals surface area contributed by atoms with E-state index in [0.29, 0.717) is 50.7 Å². The van der Waals surface area contributed by atoms with Gasteiger partial charge < -0.3 is 14.5 Å². The van der Waals surface area contributed by atoms with Gasteiger partial charge in [0.15, 0.2) is 0 Å². The molecule has 0 saturated carbocycles. The molecule has 2 saturated heterocycles. The molecule has 140 valence electrons. The molecule has 0 aliphatic carbocycles. The van der Waals surface area contributed by atoms with E-state index >= 15 is 0 Å². The summed E-state index contributed by atoms with van der Waals surface area (Å²) in [6.45, 7) is 3.52. The third-order valence-corrected chi connectivity index (χ3v) is 5.11. The van der Waals surface area contributed by atoms with Crippen LogP contribution in [-0.4, -0.2) is 71.0 Å². The first-order chi connectivity index (χ1) is 13.2. The van der Waals surface area contributed by atoms with Crippen LogP contribution in [0.1, 0.15) is 38.9 Å². The Morgan fingerprint density at radius 1 is 0.926 bits per heavy atom. The van der Waals surface area contributed by atoms with E-state index < -0.39 is 0 Å². The van der Waals surface area contributed by atoms with Crippen LogP contribution in [0, 0.1) is 0 Å². The Hall–Kier alpha value is -2.80. The number of amides is 2. The van der Waals surface area contributed by atoms with Crippen molar-refractivity contribution in [3.63, 3.8) is 0 Å². The van der Waals surface area contributed by atoms with Crippen LogP contribution in [0.25, 0.3) is 0 Å². The summed E-state index contributed by atoms with van der Waals surface area (Å²) in [5.74, 6) is -0.0233. The van der Waals surface area contributed by atoms with Gasteiger partial charge in [-0.3, -0.25) is 19.6 Å². The third-order valence-electron chi connectivity index (χ3n) is 5.11. The van der Waals surface area contributed by atoms with Gasteiger partial charge in [0.2, 0.25) is 0 Å². The minimum absolute atomic E-state index is 0.00379. The lowest BCUT2D eigenvalue weighted by molar-refractivity contribution is 0.0301. The standard InChI is InChI=1S/C20H22N4O3/c25-19(23-10-12-27-13-11-23)16-4-3-8-22-18(16)15-6-9-24(14-15)20(26)17-5-1-2-7-21-17/h1-5,7-8,15H,6,9-14H2. The number of hydrogen-bond donors (Lipinski definition) is 0. The Balaban J connectivity index is 1.51. The molecule has 0 aromatic carbocycles. The second kappa shape index (κ2) is 7.84. The zero-order chi connectivity index (χ0) is 18.6. The molecule has 1 unspecified atom stereocenters. The summed E-state index contributed by atoms with van der Waals surface area (Å²) >= 11 is 0. The van der Waals surface area contributed by atoms with Crippen LogP contribution < -0.4 is 0 Å². The highest BCUT2D eigenvalue weighted by Gasteiger charge is 2.32. The Morgan fingerprint density at radius 2 is 1.74 bits per heavy atom. The molecule has 4 rings (SSSR count). The van der Waals surface area contributed by atoms with E-state index in [1.54, 1.807) is 35.5 Å². The van der Waals surface area contributed by atoms with E-state index in [2.05, 4.69) is 9.97 Å². The number of ether oxygens (including phenoxy) is 1. The highest BCUT2D eigenvalue weighted by molar-refractivity contribution is 5.96. The predicted octanol–water partition coefficient (Wildman–Crippen LogP) is 1.58. The second-order valence-corrected chi connectivity index (χ2v) is 6.79. The van der Waals surface area contributed by atoms with Crippen LogP contribution >= 0.6 is 0 Å². The SMILES string of the molecule is O=C(c1ccccn1)N1CCC(c2ncccc2C(=O)N2CCOCC2)C1. The van der Waals surface area contributed by atoms with Crippen LogP contribution in [0.5, 0.6) is 0 Å². The largest absolute Gasteiger partial charge is 0.378 e. The van der Waals surface area contributed by atoms with Crippen molar-refractivity contribution in [2.24, 2.45) is 0 Å². The van der Waals surface area contributed by atoms with Crippen LogP contribution in [0.4, 0.5) is 0 Å². The molecule has 4 heterocycles. The summed E-state index contributed by atoms with van der Waals surface area (Å²) < 4.78 is 5.34. The first kappa shape index (κ1) is 17.6. The lowest BCUT2D eigenvalue weighted by Gasteiger charge is -2.28. The summed E-state index contributed by atoms with van der Waals surface area (Å²) in [7, 11) is 0. The van der Waals surface area contributed by atoms with E-state index in [4.69, 9.17) is 4.74 Å². The fourth-order valence-corrected chi connectivity index (χ4v) is 3.68. The van der Waals surface area contributed by atoms with Gasteiger partial charge in [0.1, 0.15) is 5.69 Å². The highest BCUT2D eigenvalue weighted by Crippen LogP contribution is 2.29. The molecule has 1 atom stereocenters. The fourth-order valence-electron chi connectivity index (χ4n) is 3.68. The van der Waals surface area contributed by atoms with E-state index in [0.717, 1.165) is 12.1 Å². The van der Waals surface area contributed by atoms with Crippen LogP contribution in [0.3, 0.4) is 0 Å². The Kier molecular flexibility index (Phi) is 5.11. The van der Waals surface area contributed by atoms with Crippen LogP contribution in [0.15, 0.2) is 42.7 Å². The van der Waals surface area contributed by atoms with E-state index in [1.165, 1.54) is 0 Å². The van der Waals surface area contributed by atoms with Crippen molar-refractivity contribution in [1.29, 1.82) is 0 Å². The minimum atomic E-state index is -0.0740. The molecular formula is C20H22N4O3. The number of likely N-dealkylation sites (tertiary alicyclic amines) is 1. The Morgan fingerprint density at radius 3 is 2.52 bits per heavy atom. The maximum Gasteiger partial charge on any atom is 0.272 e. The Labute approximate surface area is 158 Å². The summed E-state index contributed by atoms with van der Waals surface area (Å²) in [5.41, 5.74) is 1.87. The molecule has 0 N–H and O–H groups in total. The third kappa shape index (κ3) is 3.68. The molecule has 27 heavy (non-hydrogen) atoms. The van der Waals surface area contributed by atoms with Gasteiger partial charge in [-0.1, -0.05) is 6.07 Å². The maximum absolute atomic E-state index is 13.0. The molecule has 2 aromatic heterocycles. The molecular weight excluding hydrogens is 344 g/mol.